The first-order chi connectivity index (χ1) is 13.1. The van der Waals surface area contributed by atoms with E-state index in [0.717, 1.165) is 6.07 Å². The van der Waals surface area contributed by atoms with Crippen LogP contribution in [0, 0.1) is 11.6 Å². The maximum Gasteiger partial charge on any atom is 0.283 e. The van der Waals surface area contributed by atoms with E-state index in [1.807, 2.05) is 0 Å². The molecule has 1 N–H and O–H groups in total. The lowest BCUT2D eigenvalue weighted by molar-refractivity contribution is 0.102. The van der Waals surface area contributed by atoms with E-state index in [4.69, 9.17) is 8.83 Å². The van der Waals surface area contributed by atoms with Crippen LogP contribution in [0.1, 0.15) is 10.4 Å². The fourth-order valence-electron chi connectivity index (χ4n) is 2.47. The largest absolute Gasteiger partial charge is 0.459 e. The van der Waals surface area contributed by atoms with Gasteiger partial charge in [-0.2, -0.15) is 0 Å². The van der Waals surface area contributed by atoms with Crippen LogP contribution in [0.15, 0.2) is 69.7 Å². The zero-order valence-electron chi connectivity index (χ0n) is 13.6. The number of aromatic nitrogens is 2. The maximum absolute atomic E-state index is 14.0. The molecule has 2 aromatic heterocycles. The Kier molecular flexibility index (Phi) is 4.21. The van der Waals surface area contributed by atoms with E-state index in [-0.39, 0.29) is 28.6 Å². The molecular formula is C19H11F2N3O3. The number of hydrogen-bond donors (Lipinski definition) is 1. The number of nitrogens with one attached hydrogen (secondary N) is 1. The number of carbonyl (C=O) groups excluding carboxylic acids is 1. The number of amides is 1. The van der Waals surface area contributed by atoms with Crippen LogP contribution in [0.25, 0.3) is 23.1 Å². The van der Waals surface area contributed by atoms with Crippen molar-refractivity contribution in [3.8, 4) is 23.1 Å². The number of carbonyl (C=O) groups is 1. The SMILES string of the molecule is O=C(Nc1cc(F)cc(-c2nnc(-c3ccco3)o2)c1)c1ccccc1F. The van der Waals surface area contributed by atoms with Crippen molar-refractivity contribution in [2.24, 2.45) is 0 Å². The first kappa shape index (κ1) is 16.6. The monoisotopic (exact) mass is 367 g/mol. The number of furan rings is 1. The summed E-state index contributed by atoms with van der Waals surface area (Å²) in [7, 11) is 0. The molecule has 2 aromatic carbocycles. The summed E-state index contributed by atoms with van der Waals surface area (Å²) < 4.78 is 38.4. The quantitative estimate of drug-likeness (QED) is 0.573. The minimum Gasteiger partial charge on any atom is -0.459 e. The molecule has 4 aromatic rings. The number of rotatable bonds is 4. The van der Waals surface area contributed by atoms with Crippen LogP contribution in [0.4, 0.5) is 14.5 Å². The summed E-state index contributed by atoms with van der Waals surface area (Å²) in [6.07, 6.45) is 1.46. The molecule has 134 valence electrons. The molecule has 0 spiro atoms. The Morgan fingerprint density at radius 2 is 1.78 bits per heavy atom. The van der Waals surface area contributed by atoms with Gasteiger partial charge in [-0.15, -0.1) is 10.2 Å². The Morgan fingerprint density at radius 3 is 2.56 bits per heavy atom. The van der Waals surface area contributed by atoms with Gasteiger partial charge in [0, 0.05) is 11.3 Å². The van der Waals surface area contributed by atoms with E-state index >= 15 is 0 Å². The molecule has 0 radical (unpaired) electrons. The molecule has 8 heteroatoms. The van der Waals surface area contributed by atoms with Gasteiger partial charge in [0.05, 0.1) is 11.8 Å². The van der Waals surface area contributed by atoms with Gasteiger partial charge in [-0.3, -0.25) is 4.79 Å². The molecule has 0 saturated carbocycles. The van der Waals surface area contributed by atoms with Gasteiger partial charge < -0.3 is 14.2 Å². The van der Waals surface area contributed by atoms with Crippen molar-refractivity contribution in [1.82, 2.24) is 10.2 Å². The molecule has 0 saturated heterocycles. The van der Waals surface area contributed by atoms with Crippen molar-refractivity contribution in [3.63, 3.8) is 0 Å². The highest BCUT2D eigenvalue weighted by Crippen LogP contribution is 2.27. The Labute approximate surface area is 151 Å². The summed E-state index contributed by atoms with van der Waals surface area (Å²) >= 11 is 0. The molecule has 2 heterocycles. The highest BCUT2D eigenvalue weighted by Gasteiger charge is 2.16. The van der Waals surface area contributed by atoms with Gasteiger partial charge in [-0.25, -0.2) is 8.78 Å². The van der Waals surface area contributed by atoms with Gasteiger partial charge in [-0.1, -0.05) is 12.1 Å². The Hall–Kier alpha value is -3.81. The third-order valence-electron chi connectivity index (χ3n) is 3.68. The van der Waals surface area contributed by atoms with Gasteiger partial charge in [-0.05, 0) is 42.5 Å². The number of hydrogen-bond acceptors (Lipinski definition) is 5. The minimum atomic E-state index is -0.702. The zero-order valence-corrected chi connectivity index (χ0v) is 13.6. The van der Waals surface area contributed by atoms with Crippen LogP contribution in [-0.4, -0.2) is 16.1 Å². The molecule has 6 nitrogen and oxygen atoms in total. The molecule has 1 amide bonds. The van der Waals surface area contributed by atoms with E-state index < -0.39 is 17.5 Å². The van der Waals surface area contributed by atoms with E-state index in [1.54, 1.807) is 12.1 Å². The standard InChI is InChI=1S/C19H11F2N3O3/c20-12-8-11(18-23-24-19(27-18)16-6-3-7-26-16)9-13(10-12)22-17(25)14-4-1-2-5-15(14)21/h1-10H,(H,22,25). The van der Waals surface area contributed by atoms with Crippen LogP contribution >= 0.6 is 0 Å². The number of halogens is 2. The van der Waals surface area contributed by atoms with E-state index in [2.05, 4.69) is 15.5 Å². The Balaban J connectivity index is 1.62. The fourth-order valence-corrected chi connectivity index (χ4v) is 2.47. The van der Waals surface area contributed by atoms with Gasteiger partial charge in [0.25, 0.3) is 11.8 Å². The lowest BCUT2D eigenvalue weighted by atomic mass is 10.1. The Bertz CT molecular complexity index is 1110. The van der Waals surface area contributed by atoms with Crippen molar-refractivity contribution in [2.45, 2.75) is 0 Å². The summed E-state index contributed by atoms with van der Waals surface area (Å²) in [6.45, 7) is 0. The smallest absolute Gasteiger partial charge is 0.283 e. The summed E-state index contributed by atoms with van der Waals surface area (Å²) in [6, 6.07) is 12.5. The molecule has 0 fully saturated rings. The Morgan fingerprint density at radius 1 is 0.963 bits per heavy atom. The highest BCUT2D eigenvalue weighted by molar-refractivity contribution is 6.04. The maximum atomic E-state index is 14.0. The first-order valence-corrected chi connectivity index (χ1v) is 7.84. The second kappa shape index (κ2) is 6.83. The summed E-state index contributed by atoms with van der Waals surface area (Å²) in [4.78, 5) is 12.2. The number of benzene rings is 2. The van der Waals surface area contributed by atoms with E-state index in [1.165, 1.54) is 42.7 Å². The second-order valence-electron chi connectivity index (χ2n) is 5.55. The second-order valence-corrected chi connectivity index (χ2v) is 5.55. The van der Waals surface area contributed by atoms with Crippen LogP contribution in [0.3, 0.4) is 0 Å². The molecule has 0 bridgehead atoms. The molecule has 0 aliphatic carbocycles. The summed E-state index contributed by atoms with van der Waals surface area (Å²) in [5.41, 5.74) is 0.223. The minimum absolute atomic E-state index is 0.0438. The van der Waals surface area contributed by atoms with Crippen molar-refractivity contribution in [1.29, 1.82) is 0 Å². The van der Waals surface area contributed by atoms with Gasteiger partial charge >= 0.3 is 0 Å². The predicted octanol–water partition coefficient (Wildman–Crippen LogP) is 4.53. The molecule has 0 aliphatic rings. The third-order valence-corrected chi connectivity index (χ3v) is 3.68. The molecule has 4 rings (SSSR count). The van der Waals surface area contributed by atoms with Gasteiger partial charge in [0.1, 0.15) is 11.6 Å². The van der Waals surface area contributed by atoms with Crippen LogP contribution in [0.5, 0.6) is 0 Å². The predicted molar refractivity (Wildman–Crippen MR) is 91.7 cm³/mol. The molecule has 0 unspecified atom stereocenters. The van der Waals surface area contributed by atoms with Crippen LogP contribution in [-0.2, 0) is 0 Å². The normalized spacial score (nSPS) is 10.7. The summed E-state index contributed by atoms with van der Waals surface area (Å²) in [5.74, 6) is -1.45. The molecule has 27 heavy (non-hydrogen) atoms. The molecule has 0 atom stereocenters. The summed E-state index contributed by atoms with van der Waals surface area (Å²) in [5, 5.41) is 10.2. The fraction of sp³-hybridized carbons (Fsp3) is 0. The average Bonchev–Trinajstić information content (AvgIpc) is 3.33. The van der Waals surface area contributed by atoms with Gasteiger partial charge in [0.2, 0.25) is 5.89 Å². The first-order valence-electron chi connectivity index (χ1n) is 7.84. The topological polar surface area (TPSA) is 81.2 Å². The zero-order chi connectivity index (χ0) is 18.8. The molecular weight excluding hydrogens is 356 g/mol. The van der Waals surface area contributed by atoms with Crippen LogP contribution in [0.2, 0.25) is 0 Å². The van der Waals surface area contributed by atoms with Crippen molar-refractivity contribution in [3.05, 3.63) is 78.1 Å². The lowest BCUT2D eigenvalue weighted by Gasteiger charge is -2.07. The third kappa shape index (κ3) is 3.45. The van der Waals surface area contributed by atoms with Crippen molar-refractivity contribution >= 4 is 11.6 Å². The van der Waals surface area contributed by atoms with Crippen molar-refractivity contribution < 1.29 is 22.4 Å². The van der Waals surface area contributed by atoms with E-state index in [0.29, 0.717) is 5.76 Å². The lowest BCUT2D eigenvalue weighted by Crippen LogP contribution is -2.13. The molecule has 0 aliphatic heterocycles. The number of nitrogens with zero attached hydrogens (tertiary/aromatic N) is 2. The average molecular weight is 367 g/mol. The van der Waals surface area contributed by atoms with E-state index in [9.17, 15) is 13.6 Å². The van der Waals surface area contributed by atoms with Gasteiger partial charge in [0.15, 0.2) is 5.76 Å². The number of anilines is 1. The van der Waals surface area contributed by atoms with Crippen molar-refractivity contribution in [2.75, 3.05) is 5.32 Å². The van der Waals surface area contributed by atoms with Crippen LogP contribution < -0.4 is 5.32 Å². The highest BCUT2D eigenvalue weighted by atomic mass is 19.1.